The fraction of sp³-hybridized carbons (Fsp3) is 0.538. The van der Waals surface area contributed by atoms with E-state index in [4.69, 9.17) is 5.73 Å². The van der Waals surface area contributed by atoms with Gasteiger partial charge in [0.1, 0.15) is 0 Å². The van der Waals surface area contributed by atoms with Gasteiger partial charge in [0, 0.05) is 13.1 Å². The van der Waals surface area contributed by atoms with Crippen LogP contribution in [0.15, 0.2) is 23.1 Å². The van der Waals surface area contributed by atoms with Crippen molar-refractivity contribution in [2.45, 2.75) is 37.6 Å². The highest BCUT2D eigenvalue weighted by Gasteiger charge is 2.23. The molecule has 1 fully saturated rings. The van der Waals surface area contributed by atoms with Crippen LogP contribution in [0.4, 0.5) is 0 Å². The van der Waals surface area contributed by atoms with Crippen LogP contribution in [-0.2, 0) is 16.6 Å². The van der Waals surface area contributed by atoms with Crippen molar-refractivity contribution in [3.05, 3.63) is 29.3 Å². The Bertz CT molecular complexity index is 522. The van der Waals surface area contributed by atoms with Crippen molar-refractivity contribution >= 4 is 10.0 Å². The molecule has 0 atom stereocenters. The monoisotopic (exact) mass is 268 g/mol. The summed E-state index contributed by atoms with van der Waals surface area (Å²) >= 11 is 0. The summed E-state index contributed by atoms with van der Waals surface area (Å²) in [6, 6.07) is 5.23. The molecular weight excluding hydrogens is 248 g/mol. The van der Waals surface area contributed by atoms with Crippen molar-refractivity contribution in [2.75, 3.05) is 6.54 Å². The van der Waals surface area contributed by atoms with Gasteiger partial charge in [0.05, 0.1) is 4.90 Å². The molecule has 2 rings (SSSR count). The Morgan fingerprint density at radius 1 is 1.39 bits per heavy atom. The van der Waals surface area contributed by atoms with Crippen LogP contribution in [0.1, 0.15) is 30.4 Å². The molecule has 1 aliphatic rings. The minimum Gasteiger partial charge on any atom is -0.326 e. The predicted molar refractivity (Wildman–Crippen MR) is 71.6 cm³/mol. The Labute approximate surface area is 109 Å². The van der Waals surface area contributed by atoms with Crippen LogP contribution in [0, 0.1) is 12.8 Å². The molecule has 0 heterocycles. The van der Waals surface area contributed by atoms with E-state index in [0.717, 1.165) is 23.5 Å². The van der Waals surface area contributed by atoms with E-state index in [1.165, 1.54) is 12.8 Å². The summed E-state index contributed by atoms with van der Waals surface area (Å²) in [4.78, 5) is 0.348. The van der Waals surface area contributed by atoms with Crippen LogP contribution in [0.25, 0.3) is 0 Å². The van der Waals surface area contributed by atoms with Crippen molar-refractivity contribution in [2.24, 2.45) is 11.7 Å². The molecule has 4 nitrogen and oxygen atoms in total. The highest BCUT2D eigenvalue weighted by Crippen LogP contribution is 2.31. The minimum absolute atomic E-state index is 0.348. The third-order valence-electron chi connectivity index (χ3n) is 3.45. The number of hydrogen-bond donors (Lipinski definition) is 2. The fourth-order valence-electron chi connectivity index (χ4n) is 2.05. The maximum atomic E-state index is 12.2. The van der Waals surface area contributed by atoms with E-state index in [9.17, 15) is 8.42 Å². The van der Waals surface area contributed by atoms with Gasteiger partial charge in [0.15, 0.2) is 0 Å². The highest BCUT2D eigenvalue weighted by molar-refractivity contribution is 7.89. The van der Waals surface area contributed by atoms with Crippen LogP contribution in [-0.4, -0.2) is 15.0 Å². The van der Waals surface area contributed by atoms with Gasteiger partial charge in [-0.2, -0.15) is 0 Å². The van der Waals surface area contributed by atoms with Crippen molar-refractivity contribution in [1.29, 1.82) is 0 Å². The maximum absolute atomic E-state index is 12.2. The zero-order chi connectivity index (χ0) is 13.2. The summed E-state index contributed by atoms with van der Waals surface area (Å²) in [6.07, 6.45) is 3.42. The summed E-state index contributed by atoms with van der Waals surface area (Å²) in [5.74, 6) is 0.726. The first-order valence-corrected chi connectivity index (χ1v) is 7.81. The van der Waals surface area contributed by atoms with Crippen molar-refractivity contribution in [3.8, 4) is 0 Å². The van der Waals surface area contributed by atoms with Gasteiger partial charge in [-0.25, -0.2) is 13.1 Å². The molecule has 0 amide bonds. The first-order valence-electron chi connectivity index (χ1n) is 6.33. The number of benzene rings is 1. The first-order chi connectivity index (χ1) is 8.54. The van der Waals surface area contributed by atoms with E-state index in [0.29, 0.717) is 18.0 Å². The summed E-state index contributed by atoms with van der Waals surface area (Å²) in [6.45, 7) is 2.69. The smallest absolute Gasteiger partial charge is 0.240 e. The molecule has 0 saturated heterocycles. The molecule has 0 aliphatic heterocycles. The summed E-state index contributed by atoms with van der Waals surface area (Å²) in [7, 11) is -3.40. The number of nitrogens with two attached hydrogens (primary N) is 1. The normalized spacial score (nSPS) is 15.9. The van der Waals surface area contributed by atoms with Crippen LogP contribution >= 0.6 is 0 Å². The third-order valence-corrected chi connectivity index (χ3v) is 5.05. The molecule has 100 valence electrons. The SMILES string of the molecule is Cc1c(CN)cccc1S(=O)(=O)NCCC1CC1. The zero-order valence-electron chi connectivity index (χ0n) is 10.6. The lowest BCUT2D eigenvalue weighted by Gasteiger charge is -2.11. The number of hydrogen-bond acceptors (Lipinski definition) is 3. The van der Waals surface area contributed by atoms with Gasteiger partial charge in [0.25, 0.3) is 0 Å². The van der Waals surface area contributed by atoms with Gasteiger partial charge in [-0.1, -0.05) is 25.0 Å². The van der Waals surface area contributed by atoms with Gasteiger partial charge in [-0.3, -0.25) is 0 Å². The molecule has 1 aromatic rings. The van der Waals surface area contributed by atoms with E-state index in [-0.39, 0.29) is 0 Å². The van der Waals surface area contributed by atoms with E-state index in [2.05, 4.69) is 4.72 Å². The third kappa shape index (κ3) is 3.10. The first kappa shape index (κ1) is 13.5. The Kier molecular flexibility index (Phi) is 4.04. The molecule has 18 heavy (non-hydrogen) atoms. The van der Waals surface area contributed by atoms with E-state index < -0.39 is 10.0 Å². The predicted octanol–water partition coefficient (Wildman–Crippen LogP) is 1.53. The minimum atomic E-state index is -3.40. The molecule has 1 aliphatic carbocycles. The summed E-state index contributed by atoms with van der Waals surface area (Å²) in [5.41, 5.74) is 7.22. The second-order valence-electron chi connectivity index (χ2n) is 4.87. The Hall–Kier alpha value is -0.910. The van der Waals surface area contributed by atoms with Crippen molar-refractivity contribution in [3.63, 3.8) is 0 Å². The van der Waals surface area contributed by atoms with Crippen LogP contribution in [0.3, 0.4) is 0 Å². The lowest BCUT2D eigenvalue weighted by atomic mass is 10.1. The molecular formula is C13H20N2O2S. The number of nitrogens with one attached hydrogen (secondary N) is 1. The molecule has 0 spiro atoms. The second-order valence-corrected chi connectivity index (χ2v) is 6.61. The molecule has 1 saturated carbocycles. The largest absolute Gasteiger partial charge is 0.326 e. The van der Waals surface area contributed by atoms with Crippen LogP contribution < -0.4 is 10.5 Å². The molecule has 0 radical (unpaired) electrons. The summed E-state index contributed by atoms with van der Waals surface area (Å²) < 4.78 is 27.0. The molecule has 0 aromatic heterocycles. The average molecular weight is 268 g/mol. The Balaban J connectivity index is 2.12. The average Bonchev–Trinajstić information content (AvgIpc) is 3.13. The maximum Gasteiger partial charge on any atom is 0.240 e. The van der Waals surface area contributed by atoms with Gasteiger partial charge in [0.2, 0.25) is 10.0 Å². The molecule has 5 heteroatoms. The second kappa shape index (κ2) is 5.38. The zero-order valence-corrected chi connectivity index (χ0v) is 11.5. The highest BCUT2D eigenvalue weighted by atomic mass is 32.2. The van der Waals surface area contributed by atoms with Crippen molar-refractivity contribution in [1.82, 2.24) is 4.72 Å². The molecule has 0 unspecified atom stereocenters. The lowest BCUT2D eigenvalue weighted by Crippen LogP contribution is -2.26. The van der Waals surface area contributed by atoms with Crippen LogP contribution in [0.5, 0.6) is 0 Å². The number of sulfonamides is 1. The fourth-order valence-corrected chi connectivity index (χ4v) is 3.39. The van der Waals surface area contributed by atoms with E-state index in [1.807, 2.05) is 6.07 Å². The van der Waals surface area contributed by atoms with Crippen molar-refractivity contribution < 1.29 is 8.42 Å². The molecule has 0 bridgehead atoms. The van der Waals surface area contributed by atoms with Gasteiger partial charge in [-0.15, -0.1) is 0 Å². The standard InChI is InChI=1S/C13H20N2O2S/c1-10-12(9-14)3-2-4-13(10)18(16,17)15-8-7-11-5-6-11/h2-4,11,15H,5-9,14H2,1H3. The van der Waals surface area contributed by atoms with E-state index >= 15 is 0 Å². The van der Waals surface area contributed by atoms with Crippen LogP contribution in [0.2, 0.25) is 0 Å². The molecule has 3 N–H and O–H groups in total. The topological polar surface area (TPSA) is 72.2 Å². The van der Waals surface area contributed by atoms with Gasteiger partial charge < -0.3 is 5.73 Å². The Morgan fingerprint density at radius 2 is 2.11 bits per heavy atom. The van der Waals surface area contributed by atoms with Gasteiger partial charge in [-0.05, 0) is 36.5 Å². The van der Waals surface area contributed by atoms with Gasteiger partial charge >= 0.3 is 0 Å². The van der Waals surface area contributed by atoms with E-state index in [1.54, 1.807) is 19.1 Å². The lowest BCUT2D eigenvalue weighted by molar-refractivity contribution is 0.574. The quantitative estimate of drug-likeness (QED) is 0.822. The Morgan fingerprint density at radius 3 is 2.72 bits per heavy atom. The number of rotatable bonds is 6. The molecule has 1 aromatic carbocycles. The summed E-state index contributed by atoms with van der Waals surface area (Å²) in [5, 5.41) is 0.